The molecule has 2 heterocycles. The van der Waals surface area contributed by atoms with E-state index in [0.717, 1.165) is 17.7 Å². The fraction of sp³-hybridized carbons (Fsp3) is 0.290. The van der Waals surface area contributed by atoms with Crippen LogP contribution in [0.25, 0.3) is 11.0 Å². The third-order valence-electron chi connectivity index (χ3n) is 6.82. The summed E-state index contributed by atoms with van der Waals surface area (Å²) < 4.78 is 18.1. The van der Waals surface area contributed by atoms with Crippen LogP contribution in [0.1, 0.15) is 45.8 Å². The van der Waals surface area contributed by atoms with Crippen LogP contribution < -0.4 is 19.8 Å². The maximum Gasteiger partial charge on any atom is 0.291 e. The smallest absolute Gasteiger partial charge is 0.291 e. The van der Waals surface area contributed by atoms with Crippen LogP contribution in [0.2, 0.25) is 0 Å². The van der Waals surface area contributed by atoms with Crippen molar-refractivity contribution in [3.63, 3.8) is 0 Å². The molecule has 0 saturated heterocycles. The summed E-state index contributed by atoms with van der Waals surface area (Å²) >= 11 is 0. The molecule has 1 N–H and O–H groups in total. The molecule has 1 atom stereocenters. The third kappa shape index (κ3) is 4.89. The zero-order valence-electron chi connectivity index (χ0n) is 22.2. The number of quaternary nitrogens is 1. The summed E-state index contributed by atoms with van der Waals surface area (Å²) in [5.41, 5.74) is 3.63. The van der Waals surface area contributed by atoms with Crippen molar-refractivity contribution < 1.29 is 23.6 Å². The number of fused-ring (bicyclic) bond motifs is 2. The number of hydrogen-bond donors (Lipinski definition) is 1. The number of nitrogens with zero attached hydrogens (tertiary/aromatic N) is 1. The highest BCUT2D eigenvalue weighted by Gasteiger charge is 2.43. The van der Waals surface area contributed by atoms with E-state index in [-0.39, 0.29) is 17.1 Å². The number of ether oxygens (including phenoxy) is 2. The van der Waals surface area contributed by atoms with E-state index in [9.17, 15) is 9.59 Å². The lowest BCUT2D eigenvalue weighted by Gasteiger charge is -2.26. The van der Waals surface area contributed by atoms with Gasteiger partial charge in [0.25, 0.3) is 5.91 Å². The van der Waals surface area contributed by atoms with E-state index in [0.29, 0.717) is 47.8 Å². The molecule has 1 amide bonds. The van der Waals surface area contributed by atoms with Crippen molar-refractivity contribution in [1.29, 1.82) is 0 Å². The summed E-state index contributed by atoms with van der Waals surface area (Å²) in [4.78, 5) is 30.2. The van der Waals surface area contributed by atoms with E-state index >= 15 is 0 Å². The van der Waals surface area contributed by atoms with Crippen LogP contribution in [-0.2, 0) is 6.61 Å². The SMILES string of the molecule is CCOc1cc([C@H]2c3c(oc4ccccc4c3=O)C(=O)N2CC[NH+](C)C)ccc1OCc1ccc(C)cc1. The first-order valence-corrected chi connectivity index (χ1v) is 13.0. The number of carbonyl (C=O) groups is 1. The van der Waals surface area contributed by atoms with Gasteiger partial charge in [0, 0.05) is 0 Å². The van der Waals surface area contributed by atoms with Gasteiger partial charge in [-0.2, -0.15) is 0 Å². The van der Waals surface area contributed by atoms with Crippen molar-refractivity contribution in [2.75, 3.05) is 33.8 Å². The van der Waals surface area contributed by atoms with Crippen LogP contribution in [0.5, 0.6) is 11.5 Å². The van der Waals surface area contributed by atoms with E-state index in [1.54, 1.807) is 29.2 Å². The highest BCUT2D eigenvalue weighted by molar-refractivity contribution is 5.99. The number of likely N-dealkylation sites (N-methyl/N-ethyl adjacent to an activating group) is 1. The summed E-state index contributed by atoms with van der Waals surface area (Å²) in [6.07, 6.45) is 0. The molecule has 4 aromatic rings. The van der Waals surface area contributed by atoms with Crippen LogP contribution in [0.4, 0.5) is 0 Å². The number of carbonyl (C=O) groups excluding carboxylic acids is 1. The Morgan fingerprint density at radius 1 is 0.947 bits per heavy atom. The van der Waals surface area contributed by atoms with E-state index < -0.39 is 6.04 Å². The molecule has 5 rings (SSSR count). The van der Waals surface area contributed by atoms with E-state index in [1.165, 1.54) is 10.5 Å². The standard InChI is InChI=1S/C31H32N2O5/c1-5-36-26-18-22(14-15-25(26)37-19-21-12-10-20(2)11-13-21)28-27-29(34)23-8-6-7-9-24(23)38-30(27)31(35)33(28)17-16-32(3)4/h6-15,18,28H,5,16-17,19H2,1-4H3/p+1/t28-/m0/s1. The molecule has 7 nitrogen and oxygen atoms in total. The average molecular weight is 514 g/mol. The molecule has 7 heteroatoms. The minimum Gasteiger partial charge on any atom is -0.490 e. The number of aryl methyl sites for hydroxylation is 1. The molecule has 1 aromatic heterocycles. The van der Waals surface area contributed by atoms with Crippen molar-refractivity contribution in [1.82, 2.24) is 4.90 Å². The van der Waals surface area contributed by atoms with Crippen LogP contribution in [0.15, 0.2) is 75.9 Å². The van der Waals surface area contributed by atoms with Gasteiger partial charge in [-0.25, -0.2) is 0 Å². The lowest BCUT2D eigenvalue weighted by atomic mass is 9.98. The summed E-state index contributed by atoms with van der Waals surface area (Å²) in [6.45, 7) is 6.01. The number of hydrogen-bond acceptors (Lipinski definition) is 5. The summed E-state index contributed by atoms with van der Waals surface area (Å²) in [5, 5.41) is 0.465. The molecular formula is C31H33N2O5+. The van der Waals surface area contributed by atoms with Gasteiger partial charge in [-0.05, 0) is 49.2 Å². The summed E-state index contributed by atoms with van der Waals surface area (Å²) in [5.74, 6) is 1.02. The molecule has 196 valence electrons. The fourth-order valence-corrected chi connectivity index (χ4v) is 4.82. The molecule has 0 spiro atoms. The number of nitrogens with one attached hydrogen (secondary N) is 1. The van der Waals surface area contributed by atoms with Gasteiger partial charge in [0.1, 0.15) is 12.2 Å². The molecular weight excluding hydrogens is 480 g/mol. The second-order valence-electron chi connectivity index (χ2n) is 9.94. The average Bonchev–Trinajstić information content (AvgIpc) is 3.19. The maximum absolute atomic E-state index is 13.7. The van der Waals surface area contributed by atoms with Gasteiger partial charge < -0.3 is 23.7 Å². The first kappa shape index (κ1) is 25.5. The second-order valence-corrected chi connectivity index (χ2v) is 9.94. The topological polar surface area (TPSA) is 73.4 Å². The monoisotopic (exact) mass is 513 g/mol. The Morgan fingerprint density at radius 3 is 2.45 bits per heavy atom. The lowest BCUT2D eigenvalue weighted by Crippen LogP contribution is -3.06. The molecule has 1 aliphatic heterocycles. The van der Waals surface area contributed by atoms with Crippen LogP contribution in [0, 0.1) is 6.92 Å². The van der Waals surface area contributed by atoms with E-state index in [4.69, 9.17) is 13.9 Å². The van der Waals surface area contributed by atoms with E-state index in [2.05, 4.69) is 19.1 Å². The fourth-order valence-electron chi connectivity index (χ4n) is 4.82. The molecule has 0 aliphatic carbocycles. The molecule has 1 aliphatic rings. The van der Waals surface area contributed by atoms with Crippen molar-refractivity contribution >= 4 is 16.9 Å². The molecule has 0 fully saturated rings. The molecule has 38 heavy (non-hydrogen) atoms. The normalized spacial score (nSPS) is 14.8. The van der Waals surface area contributed by atoms with Gasteiger partial charge in [0.15, 0.2) is 16.9 Å². The predicted molar refractivity (Wildman–Crippen MR) is 146 cm³/mol. The van der Waals surface area contributed by atoms with Crippen LogP contribution in [-0.4, -0.2) is 44.6 Å². The van der Waals surface area contributed by atoms with Crippen molar-refractivity contribution in [2.24, 2.45) is 0 Å². The minimum absolute atomic E-state index is 0.116. The highest BCUT2D eigenvalue weighted by Crippen LogP contribution is 2.41. The Bertz CT molecular complexity index is 1520. The number of para-hydroxylation sites is 1. The van der Waals surface area contributed by atoms with E-state index in [1.807, 2.05) is 51.4 Å². The lowest BCUT2D eigenvalue weighted by molar-refractivity contribution is -0.857. The van der Waals surface area contributed by atoms with Crippen LogP contribution in [0.3, 0.4) is 0 Å². The van der Waals surface area contributed by atoms with Gasteiger partial charge in [-0.3, -0.25) is 9.59 Å². The summed E-state index contributed by atoms with van der Waals surface area (Å²) in [6, 6.07) is 20.3. The Labute approximate surface area is 222 Å². The second kappa shape index (κ2) is 10.7. The van der Waals surface area contributed by atoms with Gasteiger partial charge in [-0.1, -0.05) is 48.0 Å². The van der Waals surface area contributed by atoms with Gasteiger partial charge in [-0.15, -0.1) is 0 Å². The van der Waals surface area contributed by atoms with Crippen LogP contribution >= 0.6 is 0 Å². The molecule has 0 radical (unpaired) electrons. The maximum atomic E-state index is 13.7. The first-order valence-electron chi connectivity index (χ1n) is 13.0. The highest BCUT2D eigenvalue weighted by atomic mass is 16.5. The molecule has 0 bridgehead atoms. The first-order chi connectivity index (χ1) is 18.4. The number of rotatable bonds is 9. The minimum atomic E-state index is -0.580. The Kier molecular flexibility index (Phi) is 7.20. The number of benzene rings is 3. The van der Waals surface area contributed by atoms with Gasteiger partial charge >= 0.3 is 0 Å². The number of amides is 1. The molecule has 0 saturated carbocycles. The van der Waals surface area contributed by atoms with Crippen molar-refractivity contribution in [3.05, 3.63) is 105 Å². The Morgan fingerprint density at radius 2 is 1.71 bits per heavy atom. The third-order valence-corrected chi connectivity index (χ3v) is 6.82. The Balaban J connectivity index is 1.56. The molecule has 3 aromatic carbocycles. The van der Waals surface area contributed by atoms with Crippen molar-refractivity contribution in [2.45, 2.75) is 26.5 Å². The van der Waals surface area contributed by atoms with Crippen molar-refractivity contribution in [3.8, 4) is 11.5 Å². The predicted octanol–water partition coefficient (Wildman–Crippen LogP) is 3.77. The van der Waals surface area contributed by atoms with Gasteiger partial charge in [0.05, 0.1) is 50.8 Å². The summed E-state index contributed by atoms with van der Waals surface area (Å²) in [7, 11) is 4.07. The largest absolute Gasteiger partial charge is 0.490 e. The zero-order chi connectivity index (χ0) is 26.8. The Hall–Kier alpha value is -4.10. The quantitative estimate of drug-likeness (QED) is 0.369. The molecule has 0 unspecified atom stereocenters. The zero-order valence-corrected chi connectivity index (χ0v) is 22.2. The van der Waals surface area contributed by atoms with Gasteiger partial charge in [0.2, 0.25) is 5.76 Å².